The predicted molar refractivity (Wildman–Crippen MR) is 69.3 cm³/mol. The van der Waals surface area contributed by atoms with Crippen molar-refractivity contribution in [1.82, 2.24) is 15.3 Å². The predicted octanol–water partition coefficient (Wildman–Crippen LogP) is 1.18. The van der Waals surface area contributed by atoms with Crippen LogP contribution in [0, 0.1) is 13.8 Å². The minimum atomic E-state index is -0.407. The van der Waals surface area contributed by atoms with Gasteiger partial charge in [0.25, 0.3) is 0 Å². The quantitative estimate of drug-likeness (QED) is 0.824. The van der Waals surface area contributed by atoms with E-state index < -0.39 is 6.10 Å². The lowest BCUT2D eigenvalue weighted by atomic mass is 10.3. The second-order valence-electron chi connectivity index (χ2n) is 4.21. The van der Waals surface area contributed by atoms with Gasteiger partial charge in [-0.25, -0.2) is 9.97 Å². The Morgan fingerprint density at radius 1 is 1.39 bits per heavy atom. The van der Waals surface area contributed by atoms with E-state index in [2.05, 4.69) is 15.3 Å². The SMILES string of the molecule is CCO[C@@H](C)C(=O)NCCc1nc(C)cc(C)n1. The van der Waals surface area contributed by atoms with Crippen LogP contribution in [-0.4, -0.2) is 35.1 Å². The largest absolute Gasteiger partial charge is 0.369 e. The Balaban J connectivity index is 2.39. The summed E-state index contributed by atoms with van der Waals surface area (Å²) in [6.45, 7) is 8.55. The Kier molecular flexibility index (Phi) is 5.71. The summed E-state index contributed by atoms with van der Waals surface area (Å²) in [5, 5.41) is 2.81. The van der Waals surface area contributed by atoms with Crippen LogP contribution < -0.4 is 5.32 Å². The Labute approximate surface area is 108 Å². The Bertz CT molecular complexity index is 387. The average molecular weight is 251 g/mol. The summed E-state index contributed by atoms with van der Waals surface area (Å²) in [6.07, 6.45) is 0.225. The fourth-order valence-electron chi connectivity index (χ4n) is 1.68. The van der Waals surface area contributed by atoms with Gasteiger partial charge < -0.3 is 10.1 Å². The minimum absolute atomic E-state index is 0.0961. The van der Waals surface area contributed by atoms with Gasteiger partial charge in [0, 0.05) is 31.0 Å². The zero-order valence-corrected chi connectivity index (χ0v) is 11.5. The average Bonchev–Trinajstić information content (AvgIpc) is 2.27. The maximum Gasteiger partial charge on any atom is 0.248 e. The second-order valence-corrected chi connectivity index (χ2v) is 4.21. The zero-order valence-electron chi connectivity index (χ0n) is 11.5. The number of hydrogen-bond donors (Lipinski definition) is 1. The van der Waals surface area contributed by atoms with Gasteiger partial charge in [-0.05, 0) is 33.8 Å². The molecule has 1 rings (SSSR count). The third-order valence-electron chi connectivity index (χ3n) is 2.46. The van der Waals surface area contributed by atoms with Crippen LogP contribution >= 0.6 is 0 Å². The third-order valence-corrected chi connectivity index (χ3v) is 2.46. The third kappa shape index (κ3) is 4.79. The van der Waals surface area contributed by atoms with E-state index in [0.29, 0.717) is 19.6 Å². The molecule has 5 heteroatoms. The van der Waals surface area contributed by atoms with Gasteiger partial charge in [-0.3, -0.25) is 4.79 Å². The summed E-state index contributed by atoms with van der Waals surface area (Å²) in [5.74, 6) is 0.665. The van der Waals surface area contributed by atoms with Crippen LogP contribution in [0.25, 0.3) is 0 Å². The van der Waals surface area contributed by atoms with Crippen LogP contribution in [0.1, 0.15) is 31.1 Å². The number of carbonyl (C=O) groups is 1. The van der Waals surface area contributed by atoms with Gasteiger partial charge in [-0.2, -0.15) is 0 Å². The Morgan fingerprint density at radius 3 is 2.56 bits per heavy atom. The highest BCUT2D eigenvalue weighted by Gasteiger charge is 2.11. The zero-order chi connectivity index (χ0) is 13.5. The molecule has 18 heavy (non-hydrogen) atoms. The highest BCUT2D eigenvalue weighted by Crippen LogP contribution is 1.99. The first kappa shape index (κ1) is 14.6. The second kappa shape index (κ2) is 7.06. The summed E-state index contributed by atoms with van der Waals surface area (Å²) in [7, 11) is 0. The van der Waals surface area contributed by atoms with Gasteiger partial charge in [0.2, 0.25) is 5.91 Å². The summed E-state index contributed by atoms with van der Waals surface area (Å²) in [4.78, 5) is 20.2. The van der Waals surface area contributed by atoms with Crippen molar-refractivity contribution < 1.29 is 9.53 Å². The van der Waals surface area contributed by atoms with Crippen molar-refractivity contribution in [3.8, 4) is 0 Å². The van der Waals surface area contributed by atoms with Gasteiger partial charge in [0.15, 0.2) is 0 Å². The maximum atomic E-state index is 11.6. The van der Waals surface area contributed by atoms with Crippen LogP contribution in [0.4, 0.5) is 0 Å². The number of amides is 1. The van der Waals surface area contributed by atoms with Crippen LogP contribution in [0.15, 0.2) is 6.07 Å². The van der Waals surface area contributed by atoms with E-state index in [-0.39, 0.29) is 5.91 Å². The fraction of sp³-hybridized carbons (Fsp3) is 0.615. The molecule has 0 aromatic carbocycles. The molecule has 0 bridgehead atoms. The summed E-state index contributed by atoms with van der Waals surface area (Å²) in [5.41, 5.74) is 1.90. The van der Waals surface area contributed by atoms with E-state index >= 15 is 0 Å². The molecule has 0 spiro atoms. The molecule has 1 aromatic rings. The van der Waals surface area contributed by atoms with Crippen molar-refractivity contribution in [3.63, 3.8) is 0 Å². The van der Waals surface area contributed by atoms with Crippen molar-refractivity contribution in [3.05, 3.63) is 23.3 Å². The summed E-state index contributed by atoms with van der Waals surface area (Å²) in [6, 6.07) is 1.93. The van der Waals surface area contributed by atoms with E-state index in [0.717, 1.165) is 17.2 Å². The smallest absolute Gasteiger partial charge is 0.248 e. The number of nitrogens with one attached hydrogen (secondary N) is 1. The maximum absolute atomic E-state index is 11.6. The highest BCUT2D eigenvalue weighted by atomic mass is 16.5. The Hall–Kier alpha value is -1.49. The van der Waals surface area contributed by atoms with E-state index in [9.17, 15) is 4.79 Å². The number of ether oxygens (including phenoxy) is 1. The molecule has 0 aliphatic heterocycles. The van der Waals surface area contributed by atoms with Crippen molar-refractivity contribution >= 4 is 5.91 Å². The normalized spacial score (nSPS) is 12.2. The van der Waals surface area contributed by atoms with Crippen LogP contribution in [0.2, 0.25) is 0 Å². The molecule has 1 amide bonds. The molecule has 0 aliphatic carbocycles. The van der Waals surface area contributed by atoms with Gasteiger partial charge in [0.05, 0.1) is 0 Å². The van der Waals surface area contributed by atoms with Crippen molar-refractivity contribution in [1.29, 1.82) is 0 Å². The first-order chi connectivity index (χ1) is 8.52. The van der Waals surface area contributed by atoms with E-state index in [1.807, 2.05) is 26.8 Å². The number of aryl methyl sites for hydroxylation is 2. The van der Waals surface area contributed by atoms with Crippen LogP contribution in [-0.2, 0) is 16.0 Å². The number of nitrogens with zero attached hydrogens (tertiary/aromatic N) is 2. The summed E-state index contributed by atoms with van der Waals surface area (Å²) < 4.78 is 5.20. The number of carbonyl (C=O) groups excluding carboxylic acids is 1. The Morgan fingerprint density at radius 2 is 2.00 bits per heavy atom. The van der Waals surface area contributed by atoms with Gasteiger partial charge in [0.1, 0.15) is 11.9 Å². The van der Waals surface area contributed by atoms with Gasteiger partial charge in [-0.15, -0.1) is 0 Å². The molecule has 1 aromatic heterocycles. The van der Waals surface area contributed by atoms with Crippen molar-refractivity contribution in [2.24, 2.45) is 0 Å². The monoisotopic (exact) mass is 251 g/mol. The topological polar surface area (TPSA) is 64.1 Å². The lowest BCUT2D eigenvalue weighted by Crippen LogP contribution is -2.35. The molecule has 1 atom stereocenters. The first-order valence-electron chi connectivity index (χ1n) is 6.23. The van der Waals surface area contributed by atoms with E-state index in [1.54, 1.807) is 6.92 Å². The van der Waals surface area contributed by atoms with Crippen LogP contribution in [0.3, 0.4) is 0 Å². The minimum Gasteiger partial charge on any atom is -0.369 e. The van der Waals surface area contributed by atoms with E-state index in [4.69, 9.17) is 4.74 Å². The van der Waals surface area contributed by atoms with Gasteiger partial charge >= 0.3 is 0 Å². The molecule has 0 fully saturated rings. The lowest BCUT2D eigenvalue weighted by Gasteiger charge is -2.11. The molecule has 0 saturated heterocycles. The number of rotatable bonds is 6. The van der Waals surface area contributed by atoms with Crippen LogP contribution in [0.5, 0.6) is 0 Å². The molecule has 100 valence electrons. The number of aromatic nitrogens is 2. The van der Waals surface area contributed by atoms with Crippen molar-refractivity contribution in [2.75, 3.05) is 13.2 Å². The lowest BCUT2D eigenvalue weighted by molar-refractivity contribution is -0.131. The van der Waals surface area contributed by atoms with E-state index in [1.165, 1.54) is 0 Å². The molecular weight excluding hydrogens is 230 g/mol. The molecule has 1 heterocycles. The molecule has 0 radical (unpaired) electrons. The fourth-order valence-corrected chi connectivity index (χ4v) is 1.68. The molecule has 5 nitrogen and oxygen atoms in total. The molecular formula is C13H21N3O2. The molecule has 0 unspecified atom stereocenters. The number of hydrogen-bond acceptors (Lipinski definition) is 4. The first-order valence-corrected chi connectivity index (χ1v) is 6.23. The molecule has 1 N–H and O–H groups in total. The summed E-state index contributed by atoms with van der Waals surface area (Å²) >= 11 is 0. The molecule has 0 aliphatic rings. The molecule has 0 saturated carbocycles. The van der Waals surface area contributed by atoms with Crippen molar-refractivity contribution in [2.45, 2.75) is 40.2 Å². The highest BCUT2D eigenvalue weighted by molar-refractivity contribution is 5.80. The standard InChI is InChI=1S/C13H21N3O2/c1-5-18-11(4)13(17)14-7-6-12-15-9(2)8-10(3)16-12/h8,11H,5-7H2,1-4H3,(H,14,17)/t11-/m0/s1. The van der Waals surface area contributed by atoms with Gasteiger partial charge in [-0.1, -0.05) is 0 Å².